The number of rotatable bonds is 5. The van der Waals surface area contributed by atoms with Gasteiger partial charge in [0.25, 0.3) is 0 Å². The van der Waals surface area contributed by atoms with Gasteiger partial charge in [0, 0.05) is 45.3 Å². The second-order valence-corrected chi connectivity index (χ2v) is 6.48. The van der Waals surface area contributed by atoms with Crippen molar-refractivity contribution < 1.29 is 9.53 Å². The fourth-order valence-corrected chi connectivity index (χ4v) is 3.59. The van der Waals surface area contributed by atoms with E-state index >= 15 is 0 Å². The van der Waals surface area contributed by atoms with Crippen molar-refractivity contribution in [3.63, 3.8) is 0 Å². The van der Waals surface area contributed by atoms with Crippen molar-refractivity contribution in [2.75, 3.05) is 50.8 Å². The smallest absolute Gasteiger partial charge is 0.217 e. The predicted molar refractivity (Wildman–Crippen MR) is 91.8 cm³/mol. The average molecular weight is 317 g/mol. The molecule has 0 saturated carbocycles. The molecule has 1 atom stereocenters. The standard InChI is InChI=1S/C18H27N3O2/c1-15(22)19-17-13-16-5-2-3-6-18(16)21(14-17)8-4-7-20-9-11-23-12-10-20/h2-3,5-6,17H,4,7-14H2,1H3,(H,19,22). The molecule has 23 heavy (non-hydrogen) atoms. The van der Waals surface area contributed by atoms with Crippen LogP contribution in [0.2, 0.25) is 0 Å². The van der Waals surface area contributed by atoms with Gasteiger partial charge >= 0.3 is 0 Å². The molecule has 1 aromatic rings. The number of ether oxygens (including phenoxy) is 1. The quantitative estimate of drug-likeness (QED) is 0.888. The van der Waals surface area contributed by atoms with Gasteiger partial charge in [0.1, 0.15) is 0 Å². The van der Waals surface area contributed by atoms with E-state index in [2.05, 4.69) is 39.4 Å². The highest BCUT2D eigenvalue weighted by Gasteiger charge is 2.24. The molecule has 0 spiro atoms. The van der Waals surface area contributed by atoms with Gasteiger partial charge in [0.05, 0.1) is 19.3 Å². The first kappa shape index (κ1) is 16.3. The topological polar surface area (TPSA) is 44.8 Å². The zero-order chi connectivity index (χ0) is 16.1. The van der Waals surface area contributed by atoms with Crippen molar-refractivity contribution in [3.8, 4) is 0 Å². The van der Waals surface area contributed by atoms with E-state index in [1.165, 1.54) is 11.3 Å². The number of morpholine rings is 1. The number of nitrogens with zero attached hydrogens (tertiary/aromatic N) is 2. The van der Waals surface area contributed by atoms with Gasteiger partial charge < -0.3 is 15.0 Å². The molecule has 5 heteroatoms. The lowest BCUT2D eigenvalue weighted by molar-refractivity contribution is -0.119. The molecule has 1 unspecified atom stereocenters. The third-order valence-electron chi connectivity index (χ3n) is 4.65. The number of carbonyl (C=O) groups excluding carboxylic acids is 1. The van der Waals surface area contributed by atoms with Crippen LogP contribution in [0.3, 0.4) is 0 Å². The summed E-state index contributed by atoms with van der Waals surface area (Å²) in [5, 5.41) is 3.08. The third kappa shape index (κ3) is 4.45. The molecular weight excluding hydrogens is 290 g/mol. The number of amides is 1. The summed E-state index contributed by atoms with van der Waals surface area (Å²) >= 11 is 0. The van der Waals surface area contributed by atoms with Gasteiger partial charge in [-0.1, -0.05) is 18.2 Å². The van der Waals surface area contributed by atoms with E-state index in [4.69, 9.17) is 4.74 Å². The Hall–Kier alpha value is -1.59. The molecule has 2 heterocycles. The van der Waals surface area contributed by atoms with Crippen molar-refractivity contribution >= 4 is 11.6 Å². The minimum atomic E-state index is 0.0580. The summed E-state index contributed by atoms with van der Waals surface area (Å²) in [5.74, 6) is 0.0580. The highest BCUT2D eigenvalue weighted by Crippen LogP contribution is 2.27. The molecule has 126 valence electrons. The molecule has 2 aliphatic heterocycles. The third-order valence-corrected chi connectivity index (χ3v) is 4.65. The first-order valence-electron chi connectivity index (χ1n) is 8.62. The van der Waals surface area contributed by atoms with Crippen LogP contribution in [0.25, 0.3) is 0 Å². The molecule has 0 radical (unpaired) electrons. The van der Waals surface area contributed by atoms with Crippen molar-refractivity contribution in [2.24, 2.45) is 0 Å². The van der Waals surface area contributed by atoms with E-state index in [-0.39, 0.29) is 11.9 Å². The maximum atomic E-state index is 11.4. The van der Waals surface area contributed by atoms with Crippen LogP contribution < -0.4 is 10.2 Å². The fourth-order valence-electron chi connectivity index (χ4n) is 3.59. The van der Waals surface area contributed by atoms with Gasteiger partial charge in [-0.2, -0.15) is 0 Å². The summed E-state index contributed by atoms with van der Waals surface area (Å²) in [5.41, 5.74) is 2.67. The number of nitrogens with one attached hydrogen (secondary N) is 1. The number of benzene rings is 1. The summed E-state index contributed by atoms with van der Waals surface area (Å²) in [6, 6.07) is 8.78. The van der Waals surface area contributed by atoms with Crippen molar-refractivity contribution in [3.05, 3.63) is 29.8 Å². The zero-order valence-corrected chi connectivity index (χ0v) is 14.0. The molecule has 0 aliphatic carbocycles. The van der Waals surface area contributed by atoms with Gasteiger partial charge in [-0.15, -0.1) is 0 Å². The first-order valence-corrected chi connectivity index (χ1v) is 8.62. The van der Waals surface area contributed by atoms with Crippen LogP contribution in [0.1, 0.15) is 18.9 Å². The Morgan fingerprint density at radius 3 is 2.83 bits per heavy atom. The van der Waals surface area contributed by atoms with Crippen molar-refractivity contribution in [2.45, 2.75) is 25.8 Å². The van der Waals surface area contributed by atoms with Gasteiger partial charge in [0.2, 0.25) is 5.91 Å². The van der Waals surface area contributed by atoms with Crippen LogP contribution >= 0.6 is 0 Å². The van der Waals surface area contributed by atoms with Gasteiger partial charge in [0.15, 0.2) is 0 Å². The van der Waals surface area contributed by atoms with Crippen LogP contribution in [0, 0.1) is 0 Å². The SMILES string of the molecule is CC(=O)NC1Cc2ccccc2N(CCCN2CCOCC2)C1. The number of hydrogen-bond donors (Lipinski definition) is 1. The summed E-state index contributed by atoms with van der Waals surface area (Å²) in [6.07, 6.45) is 2.07. The van der Waals surface area contributed by atoms with Crippen molar-refractivity contribution in [1.82, 2.24) is 10.2 Å². The fraction of sp³-hybridized carbons (Fsp3) is 0.611. The van der Waals surface area contributed by atoms with Crippen LogP contribution in [0.5, 0.6) is 0 Å². The Balaban J connectivity index is 1.58. The molecule has 1 aromatic carbocycles. The normalized spacial score (nSPS) is 21.8. The van der Waals surface area contributed by atoms with E-state index in [9.17, 15) is 4.79 Å². The van der Waals surface area contributed by atoms with E-state index in [0.717, 1.165) is 58.8 Å². The lowest BCUT2D eigenvalue weighted by atomic mass is 9.97. The van der Waals surface area contributed by atoms with Gasteiger partial charge in [-0.05, 0) is 24.5 Å². The number of para-hydroxylation sites is 1. The lowest BCUT2D eigenvalue weighted by Gasteiger charge is -2.37. The average Bonchev–Trinajstić information content (AvgIpc) is 2.55. The lowest BCUT2D eigenvalue weighted by Crippen LogP contribution is -2.48. The van der Waals surface area contributed by atoms with Crippen LogP contribution in [0.4, 0.5) is 5.69 Å². The highest BCUT2D eigenvalue weighted by molar-refractivity contribution is 5.73. The molecular formula is C18H27N3O2. The molecule has 1 amide bonds. The summed E-state index contributed by atoms with van der Waals surface area (Å²) in [7, 11) is 0. The second kappa shape index (κ2) is 7.79. The predicted octanol–water partition coefficient (Wildman–Crippen LogP) is 1.28. The number of hydrogen-bond acceptors (Lipinski definition) is 4. The highest BCUT2D eigenvalue weighted by atomic mass is 16.5. The maximum absolute atomic E-state index is 11.4. The largest absolute Gasteiger partial charge is 0.379 e. The first-order chi connectivity index (χ1) is 11.2. The van der Waals surface area contributed by atoms with E-state index in [0.29, 0.717) is 0 Å². The monoisotopic (exact) mass is 317 g/mol. The number of anilines is 1. The van der Waals surface area contributed by atoms with Gasteiger partial charge in [-0.25, -0.2) is 0 Å². The minimum absolute atomic E-state index is 0.0580. The van der Waals surface area contributed by atoms with Crippen LogP contribution in [-0.2, 0) is 16.0 Å². The van der Waals surface area contributed by atoms with Gasteiger partial charge in [-0.3, -0.25) is 9.69 Å². The second-order valence-electron chi connectivity index (χ2n) is 6.48. The Labute approximate surface area is 138 Å². The van der Waals surface area contributed by atoms with E-state index in [1.54, 1.807) is 6.92 Å². The molecule has 0 bridgehead atoms. The molecule has 1 N–H and O–H groups in total. The molecule has 3 rings (SSSR count). The molecule has 1 fully saturated rings. The number of fused-ring (bicyclic) bond motifs is 1. The van der Waals surface area contributed by atoms with E-state index < -0.39 is 0 Å². The molecule has 1 saturated heterocycles. The Morgan fingerprint density at radius 2 is 2.04 bits per heavy atom. The summed E-state index contributed by atoms with van der Waals surface area (Å²) in [6.45, 7) is 8.46. The molecule has 2 aliphatic rings. The zero-order valence-electron chi connectivity index (χ0n) is 14.0. The molecule has 0 aromatic heterocycles. The Kier molecular flexibility index (Phi) is 5.51. The Bertz CT molecular complexity index is 529. The summed E-state index contributed by atoms with van der Waals surface area (Å²) in [4.78, 5) is 16.3. The molecule has 5 nitrogen and oxygen atoms in total. The summed E-state index contributed by atoms with van der Waals surface area (Å²) < 4.78 is 5.40. The maximum Gasteiger partial charge on any atom is 0.217 e. The minimum Gasteiger partial charge on any atom is -0.379 e. The Morgan fingerprint density at radius 1 is 1.26 bits per heavy atom. The number of carbonyl (C=O) groups is 1. The van der Waals surface area contributed by atoms with E-state index in [1.807, 2.05) is 0 Å². The van der Waals surface area contributed by atoms with Crippen LogP contribution in [0.15, 0.2) is 24.3 Å². The van der Waals surface area contributed by atoms with Crippen LogP contribution in [-0.4, -0.2) is 62.8 Å². The van der Waals surface area contributed by atoms with Crippen molar-refractivity contribution in [1.29, 1.82) is 0 Å².